The zero-order valence-electron chi connectivity index (χ0n) is 9.94. The van der Waals surface area contributed by atoms with E-state index in [9.17, 15) is 0 Å². The van der Waals surface area contributed by atoms with Crippen LogP contribution in [0.3, 0.4) is 0 Å². The van der Waals surface area contributed by atoms with Crippen LogP contribution in [0, 0.1) is 0 Å². The number of rotatable bonds is 2. The molecule has 2 N–H and O–H groups in total. The van der Waals surface area contributed by atoms with E-state index in [0.29, 0.717) is 0 Å². The smallest absolute Gasteiger partial charge is 0.0663 e. The molecule has 1 unspecified atom stereocenters. The molecule has 0 saturated carbocycles. The average Bonchev–Trinajstić information content (AvgIpc) is 2.85. The van der Waals surface area contributed by atoms with Crippen molar-refractivity contribution in [2.75, 3.05) is 0 Å². The van der Waals surface area contributed by atoms with Gasteiger partial charge in [-0.1, -0.05) is 41.9 Å². The topological polar surface area (TPSA) is 26.0 Å². The van der Waals surface area contributed by atoms with Crippen molar-refractivity contribution in [3.8, 4) is 0 Å². The number of fused-ring (bicyclic) bond motifs is 1. The number of hydrogen-bond acceptors (Lipinski definition) is 2. The SMILES string of the molecule is NC(c1sccc1Br)c1ccc(Cl)c2ccccc12. The van der Waals surface area contributed by atoms with Crippen LogP contribution in [0.15, 0.2) is 52.3 Å². The van der Waals surface area contributed by atoms with Crippen LogP contribution in [0.25, 0.3) is 10.8 Å². The Hall–Kier alpha value is -0.870. The molecule has 0 radical (unpaired) electrons. The summed E-state index contributed by atoms with van der Waals surface area (Å²) in [6.45, 7) is 0. The Bertz CT molecular complexity index is 738. The fourth-order valence-corrected chi connectivity index (χ4v) is 4.09. The third-order valence-corrected chi connectivity index (χ3v) is 5.45. The molecule has 0 amide bonds. The fraction of sp³-hybridized carbons (Fsp3) is 0.0667. The van der Waals surface area contributed by atoms with Gasteiger partial charge in [-0.3, -0.25) is 0 Å². The summed E-state index contributed by atoms with van der Waals surface area (Å²) in [5.74, 6) is 0. The standard InChI is InChI=1S/C15H11BrClNS/c16-12-7-8-19-15(12)14(18)11-5-6-13(17)10-4-2-1-3-9(10)11/h1-8,14H,18H2. The highest BCUT2D eigenvalue weighted by Gasteiger charge is 2.16. The van der Waals surface area contributed by atoms with Crippen molar-refractivity contribution in [2.24, 2.45) is 5.73 Å². The van der Waals surface area contributed by atoms with E-state index in [1.807, 2.05) is 41.8 Å². The molecule has 0 saturated heterocycles. The lowest BCUT2D eigenvalue weighted by molar-refractivity contribution is 0.899. The molecule has 2 aromatic carbocycles. The Labute approximate surface area is 129 Å². The van der Waals surface area contributed by atoms with E-state index in [1.54, 1.807) is 11.3 Å². The lowest BCUT2D eigenvalue weighted by atomic mass is 9.98. The molecule has 0 aliphatic heterocycles. The summed E-state index contributed by atoms with van der Waals surface area (Å²) in [6, 6.07) is 13.9. The molecule has 19 heavy (non-hydrogen) atoms. The first-order valence-electron chi connectivity index (χ1n) is 5.84. The van der Waals surface area contributed by atoms with Gasteiger partial charge < -0.3 is 5.73 Å². The van der Waals surface area contributed by atoms with Gasteiger partial charge in [-0.15, -0.1) is 11.3 Å². The highest BCUT2D eigenvalue weighted by atomic mass is 79.9. The van der Waals surface area contributed by atoms with E-state index in [4.69, 9.17) is 17.3 Å². The Morgan fingerprint density at radius 3 is 2.47 bits per heavy atom. The summed E-state index contributed by atoms with van der Waals surface area (Å²) in [5.41, 5.74) is 7.52. The van der Waals surface area contributed by atoms with Crippen molar-refractivity contribution in [3.05, 3.63) is 67.8 Å². The van der Waals surface area contributed by atoms with Crippen LogP contribution >= 0.6 is 38.9 Å². The Balaban J connectivity index is 2.21. The number of thiophene rings is 1. The van der Waals surface area contributed by atoms with E-state index in [-0.39, 0.29) is 6.04 Å². The van der Waals surface area contributed by atoms with Crippen molar-refractivity contribution >= 4 is 49.6 Å². The molecule has 0 aliphatic rings. The van der Waals surface area contributed by atoms with Gasteiger partial charge in [0.05, 0.1) is 6.04 Å². The van der Waals surface area contributed by atoms with Crippen LogP contribution in [0.1, 0.15) is 16.5 Å². The van der Waals surface area contributed by atoms with Crippen molar-refractivity contribution in [3.63, 3.8) is 0 Å². The molecule has 1 atom stereocenters. The van der Waals surface area contributed by atoms with E-state index < -0.39 is 0 Å². The van der Waals surface area contributed by atoms with Gasteiger partial charge in [0.25, 0.3) is 0 Å². The lowest BCUT2D eigenvalue weighted by Crippen LogP contribution is -2.11. The van der Waals surface area contributed by atoms with Crippen molar-refractivity contribution in [1.82, 2.24) is 0 Å². The zero-order chi connectivity index (χ0) is 13.4. The summed E-state index contributed by atoms with van der Waals surface area (Å²) in [6.07, 6.45) is 0. The fourth-order valence-electron chi connectivity index (χ4n) is 2.23. The minimum absolute atomic E-state index is 0.142. The van der Waals surface area contributed by atoms with Gasteiger partial charge in [-0.25, -0.2) is 0 Å². The highest BCUT2D eigenvalue weighted by Crippen LogP contribution is 2.36. The van der Waals surface area contributed by atoms with Gasteiger partial charge in [-0.05, 0) is 44.4 Å². The summed E-state index contributed by atoms with van der Waals surface area (Å²) in [7, 11) is 0. The quantitative estimate of drug-likeness (QED) is 0.659. The molecular formula is C15H11BrClNS. The van der Waals surface area contributed by atoms with Crippen LogP contribution in [-0.4, -0.2) is 0 Å². The molecule has 0 bridgehead atoms. The predicted octanol–water partition coefficient (Wildman–Crippen LogP) is 5.37. The van der Waals surface area contributed by atoms with Crippen LogP contribution < -0.4 is 5.73 Å². The molecule has 96 valence electrons. The summed E-state index contributed by atoms with van der Waals surface area (Å²) < 4.78 is 1.06. The zero-order valence-corrected chi connectivity index (χ0v) is 13.1. The second-order valence-corrected chi connectivity index (χ2v) is 6.50. The van der Waals surface area contributed by atoms with Gasteiger partial charge >= 0.3 is 0 Å². The Morgan fingerprint density at radius 1 is 1.05 bits per heavy atom. The largest absolute Gasteiger partial charge is 0.320 e. The first-order chi connectivity index (χ1) is 9.18. The van der Waals surface area contributed by atoms with Gasteiger partial charge in [0.15, 0.2) is 0 Å². The molecule has 1 aromatic heterocycles. The molecule has 1 heterocycles. The first kappa shape index (κ1) is 13.1. The number of nitrogens with two attached hydrogens (primary N) is 1. The van der Waals surface area contributed by atoms with Gasteiger partial charge in [0.2, 0.25) is 0 Å². The first-order valence-corrected chi connectivity index (χ1v) is 7.89. The van der Waals surface area contributed by atoms with Gasteiger partial charge in [-0.2, -0.15) is 0 Å². The molecule has 0 aliphatic carbocycles. The van der Waals surface area contributed by atoms with E-state index in [0.717, 1.165) is 30.7 Å². The summed E-state index contributed by atoms with van der Waals surface area (Å²) >= 11 is 11.4. The van der Waals surface area contributed by atoms with Crippen LogP contribution in [0.4, 0.5) is 0 Å². The van der Waals surface area contributed by atoms with E-state index >= 15 is 0 Å². The number of hydrogen-bond donors (Lipinski definition) is 1. The summed E-state index contributed by atoms with van der Waals surface area (Å²) in [5, 5.41) is 4.96. The normalized spacial score (nSPS) is 12.8. The average molecular weight is 353 g/mol. The molecule has 0 fully saturated rings. The molecule has 4 heteroatoms. The second-order valence-electron chi connectivity index (χ2n) is 4.29. The maximum atomic E-state index is 6.42. The maximum absolute atomic E-state index is 6.42. The Kier molecular flexibility index (Phi) is 3.63. The molecular weight excluding hydrogens is 342 g/mol. The molecule has 0 spiro atoms. The predicted molar refractivity (Wildman–Crippen MR) is 87.0 cm³/mol. The van der Waals surface area contributed by atoms with Crippen molar-refractivity contribution in [2.45, 2.75) is 6.04 Å². The molecule has 3 rings (SSSR count). The van der Waals surface area contributed by atoms with Gasteiger partial charge in [0.1, 0.15) is 0 Å². The third-order valence-electron chi connectivity index (χ3n) is 3.17. The van der Waals surface area contributed by atoms with Crippen LogP contribution in [-0.2, 0) is 0 Å². The van der Waals surface area contributed by atoms with Crippen LogP contribution in [0.2, 0.25) is 5.02 Å². The Morgan fingerprint density at radius 2 is 1.79 bits per heavy atom. The highest BCUT2D eigenvalue weighted by molar-refractivity contribution is 9.10. The van der Waals surface area contributed by atoms with Gasteiger partial charge in [0, 0.05) is 19.8 Å². The van der Waals surface area contributed by atoms with Crippen LogP contribution in [0.5, 0.6) is 0 Å². The minimum atomic E-state index is -0.142. The summed E-state index contributed by atoms with van der Waals surface area (Å²) in [4.78, 5) is 1.13. The van der Waals surface area contributed by atoms with E-state index in [2.05, 4.69) is 22.0 Å². The molecule has 3 aromatic rings. The van der Waals surface area contributed by atoms with E-state index in [1.165, 1.54) is 0 Å². The second kappa shape index (κ2) is 5.25. The number of halogens is 2. The number of benzene rings is 2. The lowest BCUT2D eigenvalue weighted by Gasteiger charge is -2.15. The van der Waals surface area contributed by atoms with Crippen molar-refractivity contribution < 1.29 is 0 Å². The molecule has 1 nitrogen and oxygen atoms in total. The maximum Gasteiger partial charge on any atom is 0.0663 e. The van der Waals surface area contributed by atoms with Crippen molar-refractivity contribution in [1.29, 1.82) is 0 Å². The monoisotopic (exact) mass is 351 g/mol. The third kappa shape index (κ3) is 2.32. The minimum Gasteiger partial charge on any atom is -0.320 e.